The van der Waals surface area contributed by atoms with Gasteiger partial charge in [-0.05, 0) is 50.5 Å². The average molecular weight is 781 g/mol. The van der Waals surface area contributed by atoms with E-state index >= 15 is 0 Å². The van der Waals surface area contributed by atoms with Crippen molar-refractivity contribution in [1.82, 2.24) is 30.7 Å². The number of nitrogens with one attached hydrogen (secondary N) is 3. The summed E-state index contributed by atoms with van der Waals surface area (Å²) in [5.41, 5.74) is 1.01. The van der Waals surface area contributed by atoms with Gasteiger partial charge in [-0.25, -0.2) is 4.79 Å². The Bertz CT molecular complexity index is 1310. The summed E-state index contributed by atoms with van der Waals surface area (Å²) in [5.74, 6) is -1.38. The van der Waals surface area contributed by atoms with Crippen LogP contribution in [0, 0.1) is 17.8 Å². The van der Waals surface area contributed by atoms with E-state index in [4.69, 9.17) is 9.47 Å². The van der Waals surface area contributed by atoms with Crippen LogP contribution in [0.25, 0.3) is 0 Å². The van der Waals surface area contributed by atoms with E-state index in [0.29, 0.717) is 32.5 Å². The van der Waals surface area contributed by atoms with E-state index in [1.807, 2.05) is 69.9 Å². The number of carbonyl (C=O) groups excluding carboxylic acids is 4. The van der Waals surface area contributed by atoms with Crippen LogP contribution in [0.2, 0.25) is 0 Å². The molecule has 2 aliphatic heterocycles. The lowest BCUT2D eigenvalue weighted by Gasteiger charge is -2.42. The summed E-state index contributed by atoms with van der Waals surface area (Å²) in [5, 5.41) is 19.4. The molecule has 1 aromatic carbocycles. The predicted molar refractivity (Wildman–Crippen MR) is 213 cm³/mol. The van der Waals surface area contributed by atoms with Gasteiger partial charge in [0, 0.05) is 53.0 Å². The topological polar surface area (TPSA) is 153 Å². The molecular formula is C40H69ClN6O7. The fraction of sp³-hybridized carbons (Fsp3) is 0.750. The second kappa shape index (κ2) is 22.6. The first-order valence-electron chi connectivity index (χ1n) is 19.6. The van der Waals surface area contributed by atoms with E-state index in [2.05, 4.69) is 22.9 Å². The molecule has 2 aliphatic rings. The Balaban J connectivity index is 0.0000101. The number of urea groups is 1. The normalized spacial score (nSPS) is 22.6. The molecule has 0 saturated carbocycles. The molecule has 7 unspecified atom stereocenters. The monoisotopic (exact) mass is 780 g/mol. The van der Waals surface area contributed by atoms with Crippen molar-refractivity contribution in [3.8, 4) is 0 Å². The van der Waals surface area contributed by atoms with Crippen LogP contribution in [0.3, 0.4) is 0 Å². The summed E-state index contributed by atoms with van der Waals surface area (Å²) in [4.78, 5) is 60.8. The molecule has 1 aromatic rings. The van der Waals surface area contributed by atoms with Gasteiger partial charge in [0.1, 0.15) is 6.04 Å². The lowest BCUT2D eigenvalue weighted by molar-refractivity contribution is -0.147. The Kier molecular flexibility index (Phi) is 19.7. The molecule has 14 heteroatoms. The van der Waals surface area contributed by atoms with Crippen LogP contribution in [0.15, 0.2) is 30.3 Å². The van der Waals surface area contributed by atoms with Gasteiger partial charge in [-0.15, -0.1) is 12.4 Å². The number of piperazine rings is 1. The van der Waals surface area contributed by atoms with Crippen molar-refractivity contribution in [1.29, 1.82) is 0 Å². The Labute approximate surface area is 330 Å². The number of aliphatic hydroxyl groups is 1. The number of carbonyl (C=O) groups is 4. The van der Waals surface area contributed by atoms with Gasteiger partial charge >= 0.3 is 6.03 Å². The van der Waals surface area contributed by atoms with Crippen LogP contribution in [0.4, 0.5) is 4.79 Å². The zero-order valence-corrected chi connectivity index (χ0v) is 35.1. The van der Waals surface area contributed by atoms with E-state index in [1.165, 1.54) is 0 Å². The van der Waals surface area contributed by atoms with E-state index in [1.54, 1.807) is 38.0 Å². The van der Waals surface area contributed by atoms with Crippen molar-refractivity contribution in [2.24, 2.45) is 17.8 Å². The second-order valence-electron chi connectivity index (χ2n) is 15.6. The Morgan fingerprint density at radius 2 is 1.63 bits per heavy atom. The number of likely N-dealkylation sites (tertiary alicyclic amines) is 1. The molecular weight excluding hydrogens is 712 g/mol. The maximum Gasteiger partial charge on any atom is 0.318 e. The highest BCUT2D eigenvalue weighted by Crippen LogP contribution is 2.30. The summed E-state index contributed by atoms with van der Waals surface area (Å²) < 4.78 is 12.0. The minimum atomic E-state index is -0.766. The van der Waals surface area contributed by atoms with Crippen LogP contribution < -0.4 is 16.0 Å². The minimum Gasteiger partial charge on any atom is -0.394 e. The number of benzene rings is 1. The van der Waals surface area contributed by atoms with E-state index < -0.39 is 36.3 Å². The first-order chi connectivity index (χ1) is 25.2. The number of hydrogen-bond acceptors (Lipinski definition) is 8. The summed E-state index contributed by atoms with van der Waals surface area (Å²) in [6.07, 6.45) is 1.54. The summed E-state index contributed by atoms with van der Waals surface area (Å²) in [7, 11) is 4.87. The molecule has 3 rings (SSSR count). The summed E-state index contributed by atoms with van der Waals surface area (Å²) in [6, 6.07) is 7.40. The van der Waals surface area contributed by atoms with Crippen LogP contribution >= 0.6 is 12.4 Å². The van der Waals surface area contributed by atoms with Crippen molar-refractivity contribution >= 4 is 36.2 Å². The van der Waals surface area contributed by atoms with Crippen LogP contribution in [0.1, 0.15) is 79.7 Å². The number of rotatable bonds is 18. The highest BCUT2D eigenvalue weighted by molar-refractivity contribution is 5.88. The number of halogens is 1. The molecule has 308 valence electrons. The van der Waals surface area contributed by atoms with Crippen LogP contribution in [-0.4, -0.2) is 140 Å². The molecule has 0 aliphatic carbocycles. The lowest BCUT2D eigenvalue weighted by Crippen LogP contribution is -2.63. The number of ether oxygens (including phenoxy) is 2. The van der Waals surface area contributed by atoms with Gasteiger partial charge in [-0.2, -0.15) is 0 Å². The standard InChI is InChI=1S/C40H68N6O7.ClH/c1-11-26(4)36(44(8)39(50)35(25(2)3)43-40(51)46-27(5)22-41-23-28(46)6)33(52-9)21-34(48)45-19-15-18-32(45)37(53-10)29(7)38(49)42-31(24-47)20-30-16-13-12-14-17-30;/h12-14,16-17,25-29,31-33,35-37,41,47H,11,15,18-24H2,1-10H3,(H,42,49)(H,43,51);1H/t26?,27-,28+,29?,31?,32-,33?,35?,36?,37?;/m0./s1. The third kappa shape index (κ3) is 12.0. The molecule has 54 heavy (non-hydrogen) atoms. The zero-order chi connectivity index (χ0) is 39.4. The SMILES string of the molecule is CCC(C)C(C(CC(=O)N1CCC[C@H]1C(OC)C(C)C(=O)NC(CO)Cc1ccccc1)OC)N(C)C(=O)C(NC(=O)N1[C@H](C)CNC[C@@H]1C)C(C)C.Cl. The lowest BCUT2D eigenvalue weighted by atomic mass is 9.89. The molecule has 0 radical (unpaired) electrons. The Hall–Kier alpha value is -2.97. The van der Waals surface area contributed by atoms with Gasteiger partial charge in [-0.1, -0.05) is 71.4 Å². The van der Waals surface area contributed by atoms with Gasteiger partial charge in [0.05, 0.1) is 49.3 Å². The van der Waals surface area contributed by atoms with Crippen molar-refractivity contribution in [2.45, 2.75) is 129 Å². The molecule has 4 N–H and O–H groups in total. The second-order valence-corrected chi connectivity index (χ2v) is 15.6. The molecule has 2 saturated heterocycles. The smallest absolute Gasteiger partial charge is 0.318 e. The van der Waals surface area contributed by atoms with Crippen molar-refractivity contribution in [2.75, 3.05) is 47.5 Å². The number of aliphatic hydroxyl groups excluding tert-OH is 1. The average Bonchev–Trinajstić information content (AvgIpc) is 3.62. The molecule has 0 aromatic heterocycles. The minimum absolute atomic E-state index is 0. The maximum atomic E-state index is 14.3. The number of nitrogens with zero attached hydrogens (tertiary/aromatic N) is 3. The van der Waals surface area contributed by atoms with Gasteiger partial charge in [0.25, 0.3) is 0 Å². The van der Waals surface area contributed by atoms with Crippen molar-refractivity contribution in [3.05, 3.63) is 35.9 Å². The molecule has 2 fully saturated rings. The van der Waals surface area contributed by atoms with Gasteiger partial charge in [0.2, 0.25) is 17.7 Å². The van der Waals surface area contributed by atoms with Crippen molar-refractivity contribution in [3.63, 3.8) is 0 Å². The Morgan fingerprint density at radius 1 is 1.00 bits per heavy atom. The molecule has 2 heterocycles. The first kappa shape index (κ1) is 47.2. The maximum absolute atomic E-state index is 14.3. The third-order valence-corrected chi connectivity index (χ3v) is 11.4. The summed E-state index contributed by atoms with van der Waals surface area (Å²) >= 11 is 0. The van der Waals surface area contributed by atoms with E-state index in [9.17, 15) is 24.3 Å². The third-order valence-electron chi connectivity index (χ3n) is 11.4. The molecule has 10 atom stereocenters. The molecule has 5 amide bonds. The van der Waals surface area contributed by atoms with Gasteiger partial charge < -0.3 is 45.2 Å². The predicted octanol–water partition coefficient (Wildman–Crippen LogP) is 3.46. The Morgan fingerprint density at radius 3 is 2.17 bits per heavy atom. The quantitative estimate of drug-likeness (QED) is 0.177. The fourth-order valence-electron chi connectivity index (χ4n) is 8.17. The number of amides is 5. The molecule has 13 nitrogen and oxygen atoms in total. The number of hydrogen-bond donors (Lipinski definition) is 4. The largest absolute Gasteiger partial charge is 0.394 e. The van der Waals surface area contributed by atoms with E-state index in [-0.39, 0.29) is 79.1 Å². The zero-order valence-electron chi connectivity index (χ0n) is 34.2. The molecule has 0 spiro atoms. The summed E-state index contributed by atoms with van der Waals surface area (Å²) in [6.45, 7) is 15.4. The number of likely N-dealkylation sites (N-methyl/N-ethyl adjacent to an activating group) is 1. The molecule has 0 bridgehead atoms. The van der Waals surface area contributed by atoms with E-state index in [0.717, 1.165) is 18.4 Å². The first-order valence-corrected chi connectivity index (χ1v) is 19.6. The number of methoxy groups -OCH3 is 2. The fourth-order valence-corrected chi connectivity index (χ4v) is 8.17. The van der Waals surface area contributed by atoms with Crippen LogP contribution in [0.5, 0.6) is 0 Å². The van der Waals surface area contributed by atoms with Crippen molar-refractivity contribution < 1.29 is 33.8 Å². The van der Waals surface area contributed by atoms with Crippen LogP contribution in [-0.2, 0) is 30.3 Å². The highest BCUT2D eigenvalue weighted by atomic mass is 35.5. The van der Waals surface area contributed by atoms with Gasteiger partial charge in [-0.3, -0.25) is 14.4 Å². The highest BCUT2D eigenvalue weighted by Gasteiger charge is 2.43. The van der Waals surface area contributed by atoms with Gasteiger partial charge in [0.15, 0.2) is 0 Å².